The molecule has 1 rings (SSSR count). The van der Waals surface area contributed by atoms with E-state index in [-0.39, 0.29) is 0 Å². The first-order chi connectivity index (χ1) is 6.15. The molecule has 1 atom stereocenters. The molecule has 1 aromatic heterocycles. The van der Waals surface area contributed by atoms with Crippen molar-refractivity contribution in [2.45, 2.75) is 20.3 Å². The van der Waals surface area contributed by atoms with Crippen molar-refractivity contribution in [2.24, 2.45) is 5.92 Å². The number of aromatic nitrogens is 2. The highest BCUT2D eigenvalue weighted by Crippen LogP contribution is 2.22. The van der Waals surface area contributed by atoms with Gasteiger partial charge in [0.25, 0.3) is 0 Å². The highest BCUT2D eigenvalue weighted by molar-refractivity contribution is 6.99. The van der Waals surface area contributed by atoms with Crippen LogP contribution in [0.1, 0.15) is 20.3 Å². The van der Waals surface area contributed by atoms with Gasteiger partial charge in [-0.25, -0.2) is 0 Å². The molecule has 0 saturated carbocycles. The zero-order valence-corrected chi connectivity index (χ0v) is 9.69. The van der Waals surface area contributed by atoms with Crippen molar-refractivity contribution in [1.82, 2.24) is 8.75 Å². The van der Waals surface area contributed by atoms with Crippen LogP contribution >= 0.6 is 23.3 Å². The second kappa shape index (κ2) is 4.77. The maximum absolute atomic E-state index is 5.86. The third kappa shape index (κ3) is 2.81. The number of hydrogen-bond donors (Lipinski definition) is 0. The van der Waals surface area contributed by atoms with E-state index in [0.717, 1.165) is 24.1 Å². The van der Waals surface area contributed by atoms with Gasteiger partial charge in [-0.3, -0.25) is 0 Å². The minimum Gasteiger partial charge on any atom is -0.356 e. The average molecular weight is 220 g/mol. The van der Waals surface area contributed by atoms with E-state index in [4.69, 9.17) is 11.6 Å². The zero-order chi connectivity index (χ0) is 9.84. The molecule has 0 aliphatic rings. The number of halogens is 1. The molecule has 1 unspecified atom stereocenters. The van der Waals surface area contributed by atoms with Gasteiger partial charge in [-0.1, -0.05) is 31.9 Å². The molecule has 1 heterocycles. The van der Waals surface area contributed by atoms with Gasteiger partial charge in [0.15, 0.2) is 11.0 Å². The predicted molar refractivity (Wildman–Crippen MR) is 57.6 cm³/mol. The minimum atomic E-state index is 0.510. The molecule has 0 aromatic carbocycles. The van der Waals surface area contributed by atoms with Crippen molar-refractivity contribution in [2.75, 3.05) is 18.5 Å². The van der Waals surface area contributed by atoms with Gasteiger partial charge in [0.1, 0.15) is 0 Å². The summed E-state index contributed by atoms with van der Waals surface area (Å²) >= 11 is 7.01. The summed E-state index contributed by atoms with van der Waals surface area (Å²) in [6.45, 7) is 5.37. The SMILES string of the molecule is CCC(C)CN(C)c1nsnc1Cl. The number of nitrogens with zero attached hydrogens (tertiary/aromatic N) is 3. The van der Waals surface area contributed by atoms with Crippen molar-refractivity contribution >= 4 is 29.1 Å². The molecule has 13 heavy (non-hydrogen) atoms. The molecular formula is C8H14ClN3S. The summed E-state index contributed by atoms with van der Waals surface area (Å²) in [5, 5.41) is 0.510. The first-order valence-corrected chi connectivity index (χ1v) is 5.45. The molecule has 0 aliphatic carbocycles. The van der Waals surface area contributed by atoms with E-state index < -0.39 is 0 Å². The highest BCUT2D eigenvalue weighted by atomic mass is 35.5. The molecule has 0 radical (unpaired) electrons. The van der Waals surface area contributed by atoms with Gasteiger partial charge in [-0.2, -0.15) is 8.75 Å². The molecule has 0 bridgehead atoms. The highest BCUT2D eigenvalue weighted by Gasteiger charge is 2.12. The van der Waals surface area contributed by atoms with Crippen LogP contribution in [0.5, 0.6) is 0 Å². The molecule has 74 valence electrons. The lowest BCUT2D eigenvalue weighted by Gasteiger charge is -2.19. The second-order valence-electron chi connectivity index (χ2n) is 3.27. The van der Waals surface area contributed by atoms with Crippen LogP contribution in [0, 0.1) is 5.92 Å². The Hall–Kier alpha value is -0.350. The van der Waals surface area contributed by atoms with Crippen LogP contribution in [0.25, 0.3) is 0 Å². The number of rotatable bonds is 4. The van der Waals surface area contributed by atoms with Gasteiger partial charge in [0.05, 0.1) is 11.7 Å². The van der Waals surface area contributed by atoms with Crippen molar-refractivity contribution < 1.29 is 0 Å². The maximum atomic E-state index is 5.86. The number of hydrogen-bond acceptors (Lipinski definition) is 4. The summed E-state index contributed by atoms with van der Waals surface area (Å²) < 4.78 is 8.05. The lowest BCUT2D eigenvalue weighted by molar-refractivity contribution is 0.558. The van der Waals surface area contributed by atoms with E-state index in [1.807, 2.05) is 7.05 Å². The van der Waals surface area contributed by atoms with Crippen LogP contribution in [-0.2, 0) is 0 Å². The van der Waals surface area contributed by atoms with E-state index in [1.165, 1.54) is 6.42 Å². The fourth-order valence-electron chi connectivity index (χ4n) is 1.08. The van der Waals surface area contributed by atoms with Crippen molar-refractivity contribution in [3.8, 4) is 0 Å². The van der Waals surface area contributed by atoms with E-state index in [0.29, 0.717) is 11.1 Å². The summed E-state index contributed by atoms with van der Waals surface area (Å²) in [4.78, 5) is 2.06. The first kappa shape index (κ1) is 10.7. The third-order valence-electron chi connectivity index (χ3n) is 2.08. The molecule has 0 fully saturated rings. The first-order valence-electron chi connectivity index (χ1n) is 4.34. The Balaban J connectivity index is 2.58. The molecule has 3 nitrogen and oxygen atoms in total. The third-order valence-corrected chi connectivity index (χ3v) is 2.95. The smallest absolute Gasteiger partial charge is 0.187 e. The van der Waals surface area contributed by atoms with Gasteiger partial charge >= 0.3 is 0 Å². The average Bonchev–Trinajstić information content (AvgIpc) is 2.51. The monoisotopic (exact) mass is 219 g/mol. The van der Waals surface area contributed by atoms with Gasteiger partial charge in [0, 0.05) is 13.6 Å². The molecule has 0 N–H and O–H groups in total. The topological polar surface area (TPSA) is 29.0 Å². The van der Waals surface area contributed by atoms with E-state index in [1.54, 1.807) is 0 Å². The molecule has 0 spiro atoms. The molecule has 5 heteroatoms. The van der Waals surface area contributed by atoms with Crippen molar-refractivity contribution in [1.29, 1.82) is 0 Å². The maximum Gasteiger partial charge on any atom is 0.187 e. The van der Waals surface area contributed by atoms with Crippen LogP contribution in [0.2, 0.25) is 5.15 Å². The standard InChI is InChI=1S/C8H14ClN3S/c1-4-6(2)5-12(3)8-7(9)10-13-11-8/h6H,4-5H2,1-3H3. The Morgan fingerprint density at radius 1 is 1.54 bits per heavy atom. The molecule has 0 amide bonds. The Labute approximate surface area is 88.0 Å². The lowest BCUT2D eigenvalue weighted by atomic mass is 10.1. The zero-order valence-electron chi connectivity index (χ0n) is 8.12. The fourth-order valence-corrected chi connectivity index (χ4v) is 1.91. The summed E-state index contributed by atoms with van der Waals surface area (Å²) in [5.74, 6) is 1.45. The largest absolute Gasteiger partial charge is 0.356 e. The van der Waals surface area contributed by atoms with Crippen LogP contribution in [0.4, 0.5) is 5.82 Å². The molecule has 0 aliphatic heterocycles. The van der Waals surface area contributed by atoms with Gasteiger partial charge < -0.3 is 4.90 Å². The van der Waals surface area contributed by atoms with Gasteiger partial charge in [0.2, 0.25) is 0 Å². The molecular weight excluding hydrogens is 206 g/mol. The van der Waals surface area contributed by atoms with Gasteiger partial charge in [-0.05, 0) is 5.92 Å². The minimum absolute atomic E-state index is 0.510. The summed E-state index contributed by atoms with van der Waals surface area (Å²) in [6, 6.07) is 0. The van der Waals surface area contributed by atoms with Crippen molar-refractivity contribution in [3.63, 3.8) is 0 Å². The fraction of sp³-hybridized carbons (Fsp3) is 0.750. The summed E-state index contributed by atoms with van der Waals surface area (Å²) in [6.07, 6.45) is 1.17. The van der Waals surface area contributed by atoms with Crippen LogP contribution < -0.4 is 4.90 Å². The van der Waals surface area contributed by atoms with Crippen LogP contribution in [0.15, 0.2) is 0 Å². The van der Waals surface area contributed by atoms with E-state index >= 15 is 0 Å². The summed E-state index contributed by atoms with van der Waals surface area (Å²) in [5.41, 5.74) is 0. The Bertz CT molecular complexity index is 264. The second-order valence-corrected chi connectivity index (χ2v) is 4.16. The van der Waals surface area contributed by atoms with Crippen LogP contribution in [0.3, 0.4) is 0 Å². The normalized spacial score (nSPS) is 12.9. The Kier molecular flexibility index (Phi) is 3.93. The summed E-state index contributed by atoms with van der Waals surface area (Å²) in [7, 11) is 1.99. The molecule has 1 aromatic rings. The quantitative estimate of drug-likeness (QED) is 0.780. The van der Waals surface area contributed by atoms with Crippen LogP contribution in [-0.4, -0.2) is 22.3 Å². The van der Waals surface area contributed by atoms with Gasteiger partial charge in [-0.15, -0.1) is 0 Å². The Morgan fingerprint density at radius 3 is 2.69 bits per heavy atom. The number of anilines is 1. The van der Waals surface area contributed by atoms with E-state index in [2.05, 4.69) is 27.5 Å². The molecule has 0 saturated heterocycles. The Morgan fingerprint density at radius 2 is 2.23 bits per heavy atom. The lowest BCUT2D eigenvalue weighted by Crippen LogP contribution is -2.24. The van der Waals surface area contributed by atoms with E-state index in [9.17, 15) is 0 Å². The predicted octanol–water partition coefficient (Wildman–Crippen LogP) is 2.67. The van der Waals surface area contributed by atoms with Crippen molar-refractivity contribution in [3.05, 3.63) is 5.15 Å².